The summed E-state index contributed by atoms with van der Waals surface area (Å²) in [5, 5.41) is 14.4. The molecule has 3 rings (SSSR count). The summed E-state index contributed by atoms with van der Waals surface area (Å²) >= 11 is 19.0. The Balaban J connectivity index is 2.06. The fraction of sp³-hybridized carbons (Fsp3) is 0.0714. The van der Waals surface area contributed by atoms with Crippen molar-refractivity contribution in [3.63, 3.8) is 0 Å². The van der Waals surface area contributed by atoms with Gasteiger partial charge in [0.25, 0.3) is 0 Å². The first-order chi connectivity index (χ1) is 10.6. The topological polar surface area (TPSA) is 46.0 Å². The molecule has 0 aliphatic heterocycles. The first-order valence-electron chi connectivity index (χ1n) is 6.27. The number of hydrogen-bond donors (Lipinski definition) is 1. The Morgan fingerprint density at radius 2 is 2.18 bits per heavy atom. The Kier molecular flexibility index (Phi) is 4.44. The smallest absolute Gasteiger partial charge is 0.216 e. The number of nitrogens with zero attached hydrogens (tertiary/aromatic N) is 3. The minimum Gasteiger partial charge on any atom is -0.250 e. The number of H-pyrrole nitrogens is 1. The molecule has 0 spiro atoms. The van der Waals surface area contributed by atoms with Gasteiger partial charge in [0.15, 0.2) is 5.82 Å². The number of aryl methyl sites for hydroxylation is 1. The van der Waals surface area contributed by atoms with Crippen LogP contribution in [0.5, 0.6) is 0 Å². The molecular formula is C14H10Cl2N4S2. The van der Waals surface area contributed by atoms with Crippen LogP contribution < -0.4 is 0 Å². The lowest BCUT2D eigenvalue weighted by molar-refractivity contribution is 0.872. The van der Waals surface area contributed by atoms with E-state index in [4.69, 9.17) is 35.4 Å². The molecule has 8 heteroatoms. The van der Waals surface area contributed by atoms with Crippen molar-refractivity contribution in [2.24, 2.45) is 5.10 Å². The van der Waals surface area contributed by atoms with Gasteiger partial charge in [0.05, 0.1) is 16.1 Å². The third-order valence-electron chi connectivity index (χ3n) is 3.01. The van der Waals surface area contributed by atoms with E-state index in [0.717, 1.165) is 10.4 Å². The Morgan fingerprint density at radius 3 is 2.86 bits per heavy atom. The minimum atomic E-state index is 0.395. The van der Waals surface area contributed by atoms with Crippen molar-refractivity contribution < 1.29 is 0 Å². The van der Waals surface area contributed by atoms with Gasteiger partial charge in [0.1, 0.15) is 0 Å². The molecule has 112 valence electrons. The predicted octanol–water partition coefficient (Wildman–Crippen LogP) is 5.17. The zero-order valence-electron chi connectivity index (χ0n) is 11.4. The van der Waals surface area contributed by atoms with Crippen LogP contribution in [-0.4, -0.2) is 21.1 Å². The van der Waals surface area contributed by atoms with Crippen LogP contribution in [0, 0.1) is 11.7 Å². The highest BCUT2D eigenvalue weighted by Gasteiger charge is 2.12. The van der Waals surface area contributed by atoms with Crippen LogP contribution in [-0.2, 0) is 0 Å². The van der Waals surface area contributed by atoms with Crippen molar-refractivity contribution in [3.8, 4) is 11.4 Å². The lowest BCUT2D eigenvalue weighted by Crippen LogP contribution is -1.95. The Hall–Kier alpha value is -1.47. The van der Waals surface area contributed by atoms with Crippen LogP contribution in [0.2, 0.25) is 10.0 Å². The number of thiophene rings is 1. The van der Waals surface area contributed by atoms with Gasteiger partial charge in [0, 0.05) is 10.6 Å². The molecule has 0 radical (unpaired) electrons. The molecule has 0 saturated heterocycles. The lowest BCUT2D eigenvalue weighted by Gasteiger charge is -2.03. The van der Waals surface area contributed by atoms with Gasteiger partial charge in [-0.3, -0.25) is 0 Å². The van der Waals surface area contributed by atoms with E-state index < -0.39 is 0 Å². The zero-order valence-corrected chi connectivity index (χ0v) is 14.5. The second-order valence-electron chi connectivity index (χ2n) is 4.50. The molecule has 2 heterocycles. The SMILES string of the molecule is Cc1ccsc1C=Nn1c(-c2ccc(Cl)cc2Cl)n[nH]c1=S. The maximum Gasteiger partial charge on any atom is 0.216 e. The molecule has 0 unspecified atom stereocenters. The zero-order chi connectivity index (χ0) is 15.7. The van der Waals surface area contributed by atoms with E-state index in [9.17, 15) is 0 Å². The monoisotopic (exact) mass is 368 g/mol. The first-order valence-corrected chi connectivity index (χ1v) is 8.32. The summed E-state index contributed by atoms with van der Waals surface area (Å²) in [6, 6.07) is 7.24. The number of rotatable bonds is 3. The van der Waals surface area contributed by atoms with E-state index in [1.807, 2.05) is 18.4 Å². The van der Waals surface area contributed by atoms with E-state index in [0.29, 0.717) is 26.2 Å². The summed E-state index contributed by atoms with van der Waals surface area (Å²) in [6.45, 7) is 2.03. The van der Waals surface area contributed by atoms with Crippen LogP contribution in [0.25, 0.3) is 11.4 Å². The van der Waals surface area contributed by atoms with Gasteiger partial charge >= 0.3 is 0 Å². The van der Waals surface area contributed by atoms with Crippen LogP contribution in [0.3, 0.4) is 0 Å². The van der Waals surface area contributed by atoms with Crippen LogP contribution in [0.4, 0.5) is 0 Å². The third kappa shape index (κ3) is 3.01. The molecule has 2 aromatic heterocycles. The number of hydrogen-bond acceptors (Lipinski definition) is 4. The van der Waals surface area contributed by atoms with Crippen molar-refractivity contribution in [2.45, 2.75) is 6.92 Å². The molecule has 0 aliphatic rings. The normalized spacial score (nSPS) is 11.4. The van der Waals surface area contributed by atoms with Gasteiger partial charge in [-0.25, -0.2) is 5.10 Å². The molecular weight excluding hydrogens is 359 g/mol. The van der Waals surface area contributed by atoms with E-state index in [-0.39, 0.29) is 0 Å². The molecule has 0 bridgehead atoms. The number of aromatic nitrogens is 3. The van der Waals surface area contributed by atoms with Crippen molar-refractivity contribution >= 4 is 53.0 Å². The van der Waals surface area contributed by atoms with E-state index in [1.165, 1.54) is 0 Å². The Morgan fingerprint density at radius 1 is 1.36 bits per heavy atom. The number of benzene rings is 1. The highest BCUT2D eigenvalue weighted by atomic mass is 35.5. The molecule has 0 aliphatic carbocycles. The summed E-state index contributed by atoms with van der Waals surface area (Å²) in [5.41, 5.74) is 1.87. The number of halogens is 2. The largest absolute Gasteiger partial charge is 0.250 e. The Labute approximate surface area is 146 Å². The van der Waals surface area contributed by atoms with E-state index in [1.54, 1.807) is 40.4 Å². The van der Waals surface area contributed by atoms with Crippen molar-refractivity contribution in [1.82, 2.24) is 14.9 Å². The molecule has 22 heavy (non-hydrogen) atoms. The fourth-order valence-corrected chi connectivity index (χ4v) is 3.32. The summed E-state index contributed by atoms with van der Waals surface area (Å²) in [4.78, 5) is 1.07. The molecule has 0 saturated carbocycles. The van der Waals surface area contributed by atoms with Gasteiger partial charge in [-0.2, -0.15) is 14.9 Å². The molecule has 1 aromatic carbocycles. The van der Waals surface area contributed by atoms with Gasteiger partial charge in [0.2, 0.25) is 4.77 Å². The lowest BCUT2D eigenvalue weighted by atomic mass is 10.2. The first kappa shape index (κ1) is 15.4. The second kappa shape index (κ2) is 6.34. The van der Waals surface area contributed by atoms with Crippen LogP contribution >= 0.6 is 46.8 Å². The van der Waals surface area contributed by atoms with Crippen LogP contribution in [0.1, 0.15) is 10.4 Å². The fourth-order valence-electron chi connectivity index (χ4n) is 1.87. The average Bonchev–Trinajstić information content (AvgIpc) is 3.03. The molecule has 4 nitrogen and oxygen atoms in total. The van der Waals surface area contributed by atoms with Crippen molar-refractivity contribution in [2.75, 3.05) is 0 Å². The van der Waals surface area contributed by atoms with Gasteiger partial charge in [-0.05, 0) is 54.4 Å². The van der Waals surface area contributed by atoms with Gasteiger partial charge in [-0.1, -0.05) is 23.2 Å². The van der Waals surface area contributed by atoms with Gasteiger partial charge < -0.3 is 0 Å². The summed E-state index contributed by atoms with van der Waals surface area (Å²) in [6.07, 6.45) is 1.76. The van der Waals surface area contributed by atoms with Crippen LogP contribution in [0.15, 0.2) is 34.7 Å². The molecule has 0 fully saturated rings. The molecule has 3 aromatic rings. The standard InChI is InChI=1S/C14H10Cl2N4S2/c1-8-4-5-22-12(8)7-17-20-13(18-19-14(20)21)10-3-2-9(15)6-11(10)16/h2-7H,1H3,(H,19,21). The summed E-state index contributed by atoms with van der Waals surface area (Å²) < 4.78 is 1.94. The average molecular weight is 369 g/mol. The second-order valence-corrected chi connectivity index (χ2v) is 6.68. The molecule has 0 atom stereocenters. The van der Waals surface area contributed by atoms with E-state index in [2.05, 4.69) is 15.3 Å². The highest BCUT2D eigenvalue weighted by molar-refractivity contribution is 7.71. The van der Waals surface area contributed by atoms with Gasteiger partial charge in [-0.15, -0.1) is 11.3 Å². The number of nitrogens with one attached hydrogen (secondary N) is 1. The minimum absolute atomic E-state index is 0.395. The third-order valence-corrected chi connectivity index (χ3v) is 4.78. The number of aromatic amines is 1. The summed E-state index contributed by atoms with van der Waals surface area (Å²) in [5.74, 6) is 0.539. The Bertz CT molecular complexity index is 908. The quantitative estimate of drug-likeness (QED) is 0.512. The molecule has 1 N–H and O–H groups in total. The molecule has 0 amide bonds. The maximum atomic E-state index is 6.23. The predicted molar refractivity (Wildman–Crippen MR) is 94.9 cm³/mol. The van der Waals surface area contributed by atoms with Crippen molar-refractivity contribution in [3.05, 3.63) is 54.9 Å². The van der Waals surface area contributed by atoms with Crippen molar-refractivity contribution in [1.29, 1.82) is 0 Å². The van der Waals surface area contributed by atoms with E-state index >= 15 is 0 Å². The summed E-state index contributed by atoms with van der Waals surface area (Å²) in [7, 11) is 0. The highest BCUT2D eigenvalue weighted by Crippen LogP contribution is 2.29. The maximum absolute atomic E-state index is 6.23.